The van der Waals surface area contributed by atoms with Gasteiger partial charge in [-0.15, -0.1) is 0 Å². The zero-order chi connectivity index (χ0) is 9.47. The second-order valence-corrected chi connectivity index (χ2v) is 5.07. The molecule has 1 aliphatic carbocycles. The maximum absolute atomic E-state index is 11.9. The highest BCUT2D eigenvalue weighted by Crippen LogP contribution is 2.35. The van der Waals surface area contributed by atoms with Crippen LogP contribution in [0.2, 0.25) is 0 Å². The third-order valence-corrected chi connectivity index (χ3v) is 4.26. The summed E-state index contributed by atoms with van der Waals surface area (Å²) in [6, 6.07) is 0. The van der Waals surface area contributed by atoms with Gasteiger partial charge in [-0.3, -0.25) is 4.79 Å². The lowest BCUT2D eigenvalue weighted by molar-refractivity contribution is 0.0800. The van der Waals surface area contributed by atoms with Gasteiger partial charge in [0, 0.05) is 20.8 Å². The monoisotopic (exact) mass is 259 g/mol. The average Bonchev–Trinajstić information content (AvgIpc) is 2.46. The van der Waals surface area contributed by atoms with Gasteiger partial charge in [-0.2, -0.15) is 11.3 Å². The molecule has 0 radical (unpaired) electrons. The van der Waals surface area contributed by atoms with E-state index in [2.05, 4.69) is 15.9 Å². The van der Waals surface area contributed by atoms with Crippen molar-refractivity contribution in [1.29, 1.82) is 0 Å². The van der Waals surface area contributed by atoms with Crippen molar-refractivity contribution in [3.63, 3.8) is 0 Å². The summed E-state index contributed by atoms with van der Waals surface area (Å²) in [7, 11) is 0. The summed E-state index contributed by atoms with van der Waals surface area (Å²) in [4.78, 5) is 11.9. The quantitative estimate of drug-likeness (QED) is 0.830. The van der Waals surface area contributed by atoms with E-state index in [1.807, 2.05) is 10.8 Å². The van der Waals surface area contributed by atoms with Gasteiger partial charge >= 0.3 is 0 Å². The second kappa shape index (κ2) is 3.19. The number of rotatable bonds is 2. The molecule has 0 aliphatic heterocycles. The van der Waals surface area contributed by atoms with Gasteiger partial charge in [0.2, 0.25) is 0 Å². The number of thiophene rings is 1. The molecule has 0 saturated heterocycles. The Morgan fingerprint density at radius 1 is 1.54 bits per heavy atom. The molecule has 1 fully saturated rings. The Morgan fingerprint density at radius 2 is 2.23 bits per heavy atom. The number of carbonyl (C=O) groups is 1. The zero-order valence-electron chi connectivity index (χ0n) is 7.05. The number of nitrogens with two attached hydrogens (primary N) is 1. The Kier molecular flexibility index (Phi) is 2.30. The summed E-state index contributed by atoms with van der Waals surface area (Å²) in [5.41, 5.74) is 6.12. The van der Waals surface area contributed by atoms with Gasteiger partial charge < -0.3 is 5.73 Å². The summed E-state index contributed by atoms with van der Waals surface area (Å²) in [6.07, 6.45) is 2.73. The van der Waals surface area contributed by atoms with Crippen molar-refractivity contribution in [3.8, 4) is 0 Å². The van der Waals surface area contributed by atoms with Crippen molar-refractivity contribution in [2.45, 2.75) is 24.8 Å². The molecule has 2 N–H and O–H groups in total. The van der Waals surface area contributed by atoms with Crippen molar-refractivity contribution in [2.24, 2.45) is 5.73 Å². The minimum Gasteiger partial charge on any atom is -0.319 e. The van der Waals surface area contributed by atoms with E-state index in [-0.39, 0.29) is 5.78 Å². The molecule has 2 nitrogen and oxygen atoms in total. The van der Waals surface area contributed by atoms with Crippen molar-refractivity contribution >= 4 is 33.0 Å². The predicted molar refractivity (Wildman–Crippen MR) is 57.1 cm³/mol. The van der Waals surface area contributed by atoms with Crippen LogP contribution in [0.4, 0.5) is 0 Å². The molecule has 0 amide bonds. The van der Waals surface area contributed by atoms with E-state index in [9.17, 15) is 4.79 Å². The molecule has 1 heterocycles. The summed E-state index contributed by atoms with van der Waals surface area (Å²) in [5.74, 6) is 0.0897. The number of Topliss-reactive ketones (excluding diaryl/α,β-unsaturated/α-hetero) is 1. The fourth-order valence-corrected chi connectivity index (χ4v) is 2.95. The molecule has 2 rings (SSSR count). The first-order chi connectivity index (χ1) is 6.13. The van der Waals surface area contributed by atoms with Crippen molar-refractivity contribution in [3.05, 3.63) is 20.8 Å². The molecule has 70 valence electrons. The van der Waals surface area contributed by atoms with Crippen LogP contribution in [0.25, 0.3) is 0 Å². The SMILES string of the molecule is NC1(C(=O)c2cscc2Br)CCC1. The van der Waals surface area contributed by atoms with Crippen molar-refractivity contribution < 1.29 is 4.79 Å². The van der Waals surface area contributed by atoms with Gasteiger partial charge in [0.1, 0.15) is 0 Å². The van der Waals surface area contributed by atoms with Gasteiger partial charge in [0.25, 0.3) is 0 Å². The van der Waals surface area contributed by atoms with E-state index in [0.717, 1.165) is 29.3 Å². The fourth-order valence-electron chi connectivity index (χ4n) is 1.50. The maximum atomic E-state index is 11.9. The van der Waals surface area contributed by atoms with Gasteiger partial charge in [-0.25, -0.2) is 0 Å². The normalized spacial score (nSPS) is 19.5. The molecule has 1 aliphatic rings. The molecule has 0 atom stereocenters. The number of hydrogen-bond acceptors (Lipinski definition) is 3. The van der Waals surface area contributed by atoms with E-state index in [1.54, 1.807) is 0 Å². The molecule has 0 spiro atoms. The Balaban J connectivity index is 2.27. The Hall–Kier alpha value is -0.190. The van der Waals surface area contributed by atoms with Crippen LogP contribution in [-0.4, -0.2) is 11.3 Å². The van der Waals surface area contributed by atoms with E-state index < -0.39 is 5.54 Å². The first-order valence-electron chi connectivity index (χ1n) is 4.19. The van der Waals surface area contributed by atoms with E-state index in [4.69, 9.17) is 5.73 Å². The molecule has 1 saturated carbocycles. The highest BCUT2D eigenvalue weighted by molar-refractivity contribution is 9.10. The molecule has 0 aromatic carbocycles. The lowest BCUT2D eigenvalue weighted by Gasteiger charge is -2.36. The molecule has 4 heteroatoms. The van der Waals surface area contributed by atoms with Crippen molar-refractivity contribution in [2.75, 3.05) is 0 Å². The first-order valence-corrected chi connectivity index (χ1v) is 5.92. The maximum Gasteiger partial charge on any atom is 0.184 e. The number of carbonyl (C=O) groups excluding carboxylic acids is 1. The highest BCUT2D eigenvalue weighted by atomic mass is 79.9. The van der Waals surface area contributed by atoms with Crippen molar-refractivity contribution in [1.82, 2.24) is 0 Å². The fraction of sp³-hybridized carbons (Fsp3) is 0.444. The van der Waals surface area contributed by atoms with E-state index in [0.29, 0.717) is 0 Å². The Labute approximate surface area is 89.3 Å². The van der Waals surface area contributed by atoms with Gasteiger partial charge in [-0.05, 0) is 35.2 Å². The molecular weight excluding hydrogens is 250 g/mol. The highest BCUT2D eigenvalue weighted by Gasteiger charge is 2.41. The summed E-state index contributed by atoms with van der Waals surface area (Å²) < 4.78 is 0.874. The molecule has 1 aromatic heterocycles. The number of ketones is 1. The molecule has 13 heavy (non-hydrogen) atoms. The van der Waals surface area contributed by atoms with Crippen LogP contribution in [0.3, 0.4) is 0 Å². The predicted octanol–water partition coefficient (Wildman–Crippen LogP) is 2.57. The summed E-state index contributed by atoms with van der Waals surface area (Å²) in [6.45, 7) is 0. The van der Waals surface area contributed by atoms with E-state index in [1.165, 1.54) is 11.3 Å². The van der Waals surface area contributed by atoms with E-state index >= 15 is 0 Å². The minimum absolute atomic E-state index is 0.0897. The molecule has 1 aromatic rings. The van der Waals surface area contributed by atoms with Crippen LogP contribution < -0.4 is 5.73 Å². The second-order valence-electron chi connectivity index (χ2n) is 3.47. The molecule has 0 bridgehead atoms. The average molecular weight is 260 g/mol. The molecule has 0 unspecified atom stereocenters. The Morgan fingerprint density at radius 3 is 2.62 bits per heavy atom. The largest absolute Gasteiger partial charge is 0.319 e. The smallest absolute Gasteiger partial charge is 0.184 e. The number of hydrogen-bond donors (Lipinski definition) is 1. The zero-order valence-corrected chi connectivity index (χ0v) is 9.45. The lowest BCUT2D eigenvalue weighted by Crippen LogP contribution is -2.53. The molecular formula is C9H10BrNOS. The Bertz CT molecular complexity index is 343. The minimum atomic E-state index is -0.566. The number of halogens is 1. The third-order valence-electron chi connectivity index (χ3n) is 2.56. The van der Waals surface area contributed by atoms with Crippen LogP contribution in [0.15, 0.2) is 15.2 Å². The van der Waals surface area contributed by atoms with Crippen LogP contribution in [0.1, 0.15) is 29.6 Å². The summed E-state index contributed by atoms with van der Waals surface area (Å²) in [5, 5.41) is 3.77. The summed E-state index contributed by atoms with van der Waals surface area (Å²) >= 11 is 4.87. The standard InChI is InChI=1S/C9H10BrNOS/c10-7-5-13-4-6(7)8(12)9(11)2-1-3-9/h4-5H,1-3,11H2. The van der Waals surface area contributed by atoms with Crippen LogP contribution in [0.5, 0.6) is 0 Å². The van der Waals surface area contributed by atoms with Crippen LogP contribution >= 0.6 is 27.3 Å². The van der Waals surface area contributed by atoms with Gasteiger partial charge in [0.05, 0.1) is 5.54 Å². The topological polar surface area (TPSA) is 43.1 Å². The van der Waals surface area contributed by atoms with Crippen LogP contribution in [-0.2, 0) is 0 Å². The third kappa shape index (κ3) is 1.47. The van der Waals surface area contributed by atoms with Crippen LogP contribution in [0, 0.1) is 0 Å². The lowest BCUT2D eigenvalue weighted by atomic mass is 9.73. The van der Waals surface area contributed by atoms with Gasteiger partial charge in [-0.1, -0.05) is 0 Å². The first kappa shape index (κ1) is 9.37. The van der Waals surface area contributed by atoms with Gasteiger partial charge in [0.15, 0.2) is 5.78 Å².